The fourth-order valence-electron chi connectivity index (χ4n) is 3.59. The van der Waals surface area contributed by atoms with Crippen LogP contribution in [0.2, 0.25) is 0 Å². The van der Waals surface area contributed by atoms with Crippen LogP contribution in [0.15, 0.2) is 36.4 Å². The quantitative estimate of drug-likeness (QED) is 0.938. The SMILES string of the molecule is CN[C@@H]1CCCN(C(=O)c2cc(C)n(Cc3ccccc3)c2C)C1. The molecule has 0 spiro atoms. The Morgan fingerprint density at radius 3 is 2.71 bits per heavy atom. The molecule has 4 nitrogen and oxygen atoms in total. The van der Waals surface area contributed by atoms with Crippen molar-refractivity contribution in [2.45, 2.75) is 39.3 Å². The zero-order chi connectivity index (χ0) is 17.1. The number of nitrogens with zero attached hydrogens (tertiary/aromatic N) is 2. The van der Waals surface area contributed by atoms with E-state index in [9.17, 15) is 4.79 Å². The van der Waals surface area contributed by atoms with E-state index in [1.165, 1.54) is 5.56 Å². The first kappa shape index (κ1) is 16.8. The maximum absolute atomic E-state index is 13.0. The number of benzene rings is 1. The van der Waals surface area contributed by atoms with Gasteiger partial charge in [0.1, 0.15) is 0 Å². The van der Waals surface area contributed by atoms with Gasteiger partial charge in [-0.3, -0.25) is 4.79 Å². The molecule has 1 atom stereocenters. The van der Waals surface area contributed by atoms with Crippen molar-refractivity contribution in [3.63, 3.8) is 0 Å². The lowest BCUT2D eigenvalue weighted by molar-refractivity contribution is 0.0697. The van der Waals surface area contributed by atoms with Gasteiger partial charge in [0.25, 0.3) is 5.91 Å². The predicted molar refractivity (Wildman–Crippen MR) is 97.4 cm³/mol. The van der Waals surface area contributed by atoms with Crippen LogP contribution in [-0.2, 0) is 6.54 Å². The second kappa shape index (κ2) is 7.22. The first-order valence-corrected chi connectivity index (χ1v) is 8.77. The molecular weight excluding hydrogens is 298 g/mol. The highest BCUT2D eigenvalue weighted by atomic mass is 16.2. The second-order valence-electron chi connectivity index (χ2n) is 6.74. The third kappa shape index (κ3) is 3.39. The zero-order valence-electron chi connectivity index (χ0n) is 14.9. The summed E-state index contributed by atoms with van der Waals surface area (Å²) in [5, 5.41) is 3.30. The Balaban J connectivity index is 1.81. The molecule has 24 heavy (non-hydrogen) atoms. The number of likely N-dealkylation sites (tertiary alicyclic amines) is 1. The smallest absolute Gasteiger partial charge is 0.255 e. The molecule has 0 saturated carbocycles. The number of carbonyl (C=O) groups excluding carboxylic acids is 1. The summed E-state index contributed by atoms with van der Waals surface area (Å²) in [4.78, 5) is 15.0. The van der Waals surface area contributed by atoms with E-state index in [4.69, 9.17) is 0 Å². The van der Waals surface area contributed by atoms with Crippen LogP contribution < -0.4 is 5.32 Å². The highest BCUT2D eigenvalue weighted by molar-refractivity contribution is 5.95. The molecule has 0 bridgehead atoms. The molecule has 1 aromatic carbocycles. The second-order valence-corrected chi connectivity index (χ2v) is 6.74. The average Bonchev–Trinajstić information content (AvgIpc) is 2.90. The number of amides is 1. The van der Waals surface area contributed by atoms with Crippen LogP contribution in [0.1, 0.15) is 40.2 Å². The lowest BCUT2D eigenvalue weighted by Gasteiger charge is -2.32. The van der Waals surface area contributed by atoms with Gasteiger partial charge in [-0.15, -0.1) is 0 Å². The van der Waals surface area contributed by atoms with Gasteiger partial charge in [0.2, 0.25) is 0 Å². The van der Waals surface area contributed by atoms with Crippen LogP contribution in [0, 0.1) is 13.8 Å². The zero-order valence-corrected chi connectivity index (χ0v) is 14.9. The number of carbonyl (C=O) groups is 1. The van der Waals surface area contributed by atoms with Crippen molar-refractivity contribution < 1.29 is 4.79 Å². The highest BCUT2D eigenvalue weighted by Crippen LogP contribution is 2.21. The van der Waals surface area contributed by atoms with Crippen molar-refractivity contribution in [2.24, 2.45) is 0 Å². The van der Waals surface area contributed by atoms with Crippen molar-refractivity contribution in [3.8, 4) is 0 Å². The molecule has 1 aliphatic heterocycles. The number of hydrogen-bond acceptors (Lipinski definition) is 2. The van der Waals surface area contributed by atoms with Crippen LogP contribution in [0.25, 0.3) is 0 Å². The molecule has 0 radical (unpaired) electrons. The van der Waals surface area contributed by atoms with E-state index in [2.05, 4.69) is 48.0 Å². The molecule has 4 heteroatoms. The fourth-order valence-corrected chi connectivity index (χ4v) is 3.59. The lowest BCUT2D eigenvalue weighted by Crippen LogP contribution is -2.47. The molecule has 1 aromatic heterocycles. The van der Waals surface area contributed by atoms with Crippen molar-refractivity contribution in [3.05, 3.63) is 58.9 Å². The van der Waals surface area contributed by atoms with Gasteiger partial charge < -0.3 is 14.8 Å². The van der Waals surface area contributed by atoms with Crippen molar-refractivity contribution in [1.29, 1.82) is 0 Å². The first-order chi connectivity index (χ1) is 11.6. The van der Waals surface area contributed by atoms with E-state index < -0.39 is 0 Å². The van der Waals surface area contributed by atoms with E-state index in [0.717, 1.165) is 49.4 Å². The van der Waals surface area contributed by atoms with Crippen molar-refractivity contribution in [1.82, 2.24) is 14.8 Å². The molecule has 2 aromatic rings. The number of hydrogen-bond donors (Lipinski definition) is 1. The highest BCUT2D eigenvalue weighted by Gasteiger charge is 2.26. The molecule has 0 unspecified atom stereocenters. The molecule has 1 saturated heterocycles. The summed E-state index contributed by atoms with van der Waals surface area (Å²) < 4.78 is 2.24. The molecule has 1 N–H and O–H groups in total. The van der Waals surface area contributed by atoms with Crippen LogP contribution in [-0.4, -0.2) is 41.6 Å². The Kier molecular flexibility index (Phi) is 5.05. The minimum atomic E-state index is 0.169. The topological polar surface area (TPSA) is 37.3 Å². The van der Waals surface area contributed by atoms with Gasteiger partial charge >= 0.3 is 0 Å². The van der Waals surface area contributed by atoms with E-state index >= 15 is 0 Å². The Bertz CT molecular complexity index is 705. The lowest BCUT2D eigenvalue weighted by atomic mass is 10.0. The van der Waals surface area contributed by atoms with E-state index in [1.54, 1.807) is 0 Å². The molecule has 1 amide bonds. The molecular formula is C20H27N3O. The van der Waals surface area contributed by atoms with Gasteiger partial charge in [-0.1, -0.05) is 30.3 Å². The monoisotopic (exact) mass is 325 g/mol. The number of aryl methyl sites for hydroxylation is 1. The summed E-state index contributed by atoms with van der Waals surface area (Å²) in [5.74, 6) is 0.169. The molecule has 0 aliphatic carbocycles. The third-order valence-electron chi connectivity index (χ3n) is 5.10. The standard InChI is InChI=1S/C20H27N3O/c1-15-12-19(20(24)22-11-7-10-18(14-22)21-3)16(2)23(15)13-17-8-5-4-6-9-17/h4-6,8-9,12,18,21H,7,10-11,13-14H2,1-3H3/t18-/m1/s1. The Morgan fingerprint density at radius 1 is 1.25 bits per heavy atom. The molecule has 128 valence electrons. The number of nitrogens with one attached hydrogen (secondary N) is 1. The van der Waals surface area contributed by atoms with E-state index in [-0.39, 0.29) is 5.91 Å². The summed E-state index contributed by atoms with van der Waals surface area (Å²) >= 11 is 0. The average molecular weight is 325 g/mol. The van der Waals surface area contributed by atoms with Gasteiger partial charge in [0, 0.05) is 37.1 Å². The minimum Gasteiger partial charge on any atom is -0.344 e. The van der Waals surface area contributed by atoms with Crippen LogP contribution >= 0.6 is 0 Å². The van der Waals surface area contributed by atoms with Crippen LogP contribution in [0.5, 0.6) is 0 Å². The van der Waals surface area contributed by atoms with Gasteiger partial charge in [-0.2, -0.15) is 0 Å². The van der Waals surface area contributed by atoms with Gasteiger partial charge in [-0.05, 0) is 45.4 Å². The summed E-state index contributed by atoms with van der Waals surface area (Å²) in [6, 6.07) is 12.9. The van der Waals surface area contributed by atoms with E-state index in [0.29, 0.717) is 6.04 Å². The van der Waals surface area contributed by atoms with Crippen LogP contribution in [0.3, 0.4) is 0 Å². The van der Waals surface area contributed by atoms with E-state index in [1.807, 2.05) is 24.1 Å². The normalized spacial score (nSPS) is 18.0. The molecule has 3 rings (SSSR count). The number of likely N-dealkylation sites (N-methyl/N-ethyl adjacent to an activating group) is 1. The fraction of sp³-hybridized carbons (Fsp3) is 0.450. The van der Waals surface area contributed by atoms with Gasteiger partial charge in [-0.25, -0.2) is 0 Å². The Labute approximate surface area is 144 Å². The number of aromatic nitrogens is 1. The largest absolute Gasteiger partial charge is 0.344 e. The number of rotatable bonds is 4. The number of piperidine rings is 1. The predicted octanol–water partition coefficient (Wildman–Crippen LogP) is 2.98. The van der Waals surface area contributed by atoms with Gasteiger partial charge in [0.05, 0.1) is 5.56 Å². The molecule has 1 aliphatic rings. The molecule has 1 fully saturated rings. The summed E-state index contributed by atoms with van der Waals surface area (Å²) in [5.41, 5.74) is 4.31. The van der Waals surface area contributed by atoms with Crippen molar-refractivity contribution >= 4 is 5.91 Å². The van der Waals surface area contributed by atoms with Crippen molar-refractivity contribution in [2.75, 3.05) is 20.1 Å². The summed E-state index contributed by atoms with van der Waals surface area (Å²) in [6.45, 7) is 6.62. The van der Waals surface area contributed by atoms with Crippen LogP contribution in [0.4, 0.5) is 0 Å². The summed E-state index contributed by atoms with van der Waals surface area (Å²) in [6.07, 6.45) is 2.22. The van der Waals surface area contributed by atoms with Gasteiger partial charge in [0.15, 0.2) is 0 Å². The maximum Gasteiger partial charge on any atom is 0.255 e. The maximum atomic E-state index is 13.0. The minimum absolute atomic E-state index is 0.169. The Morgan fingerprint density at radius 2 is 2.00 bits per heavy atom. The Hall–Kier alpha value is -2.07. The summed E-state index contributed by atoms with van der Waals surface area (Å²) in [7, 11) is 1.98. The first-order valence-electron chi connectivity index (χ1n) is 8.77. The molecule has 2 heterocycles. The third-order valence-corrected chi connectivity index (χ3v) is 5.10.